The predicted molar refractivity (Wildman–Crippen MR) is 198 cm³/mol. The molecule has 0 saturated carbocycles. The maximum Gasteiger partial charge on any atom is 0.137 e. The summed E-state index contributed by atoms with van der Waals surface area (Å²) in [5.74, 6) is 0. The summed E-state index contributed by atoms with van der Waals surface area (Å²) in [7, 11) is 0. The predicted octanol–water partition coefficient (Wildman–Crippen LogP) is 12.7. The third kappa shape index (κ3) is 4.96. The minimum absolute atomic E-state index is 0.857. The van der Waals surface area contributed by atoms with Crippen molar-refractivity contribution in [2.45, 2.75) is 0 Å². The quantitative estimate of drug-likeness (QED) is 0.185. The Morgan fingerprint density at radius 3 is 1.72 bits per heavy atom. The molecule has 4 heteroatoms. The van der Waals surface area contributed by atoms with Crippen LogP contribution in [0.1, 0.15) is 0 Å². The Morgan fingerprint density at radius 2 is 1.04 bits per heavy atom. The number of aromatic nitrogens is 1. The van der Waals surface area contributed by atoms with Crippen molar-refractivity contribution < 1.29 is 4.42 Å². The first-order chi connectivity index (χ1) is 23.3. The lowest BCUT2D eigenvalue weighted by Crippen LogP contribution is -2.09. The number of nitrogens with zero attached hydrogens (tertiary/aromatic N) is 2. The Hall–Kier alpha value is -5.97. The molecule has 0 aliphatic carbocycles. The number of furan rings is 1. The van der Waals surface area contributed by atoms with E-state index in [0.717, 1.165) is 70.9 Å². The average Bonchev–Trinajstić information content (AvgIpc) is 3.73. The van der Waals surface area contributed by atoms with Crippen molar-refractivity contribution in [3.05, 3.63) is 170 Å². The van der Waals surface area contributed by atoms with E-state index in [0.29, 0.717) is 0 Å². The van der Waals surface area contributed by atoms with E-state index in [1.165, 1.54) is 11.1 Å². The zero-order valence-electron chi connectivity index (χ0n) is 25.4. The first-order valence-corrected chi connectivity index (χ1v) is 16.5. The van der Waals surface area contributed by atoms with E-state index in [-0.39, 0.29) is 0 Å². The Kier molecular flexibility index (Phi) is 6.65. The van der Waals surface area contributed by atoms with Gasteiger partial charge in [0.2, 0.25) is 0 Å². The van der Waals surface area contributed by atoms with E-state index < -0.39 is 0 Å². The van der Waals surface area contributed by atoms with Gasteiger partial charge in [-0.2, -0.15) is 0 Å². The van der Waals surface area contributed by atoms with E-state index in [2.05, 4.69) is 169 Å². The molecule has 0 radical (unpaired) electrons. The molecule has 3 nitrogen and oxygen atoms in total. The van der Waals surface area contributed by atoms with Gasteiger partial charge < -0.3 is 9.32 Å². The molecule has 0 N–H and O–H groups in total. The second-order valence-electron chi connectivity index (χ2n) is 11.6. The number of benzene rings is 7. The lowest BCUT2D eigenvalue weighted by atomic mass is 9.99. The van der Waals surface area contributed by atoms with Crippen molar-refractivity contribution in [2.75, 3.05) is 4.90 Å². The van der Waals surface area contributed by atoms with Gasteiger partial charge in [0.25, 0.3) is 0 Å². The number of thiazole rings is 1. The van der Waals surface area contributed by atoms with Gasteiger partial charge in [0, 0.05) is 39.5 Å². The monoisotopic (exact) mass is 620 g/mol. The summed E-state index contributed by atoms with van der Waals surface area (Å²) in [5.41, 5.74) is 11.8. The SMILES string of the molecule is c1ccc(-c2ccc(N(c3ccccc3)c3ccc(-c4cccc5oc6cc7nc(-c8ccccc8)sc7cc6c45)cc3)cc2)cc1. The summed E-state index contributed by atoms with van der Waals surface area (Å²) in [6.45, 7) is 0. The highest BCUT2D eigenvalue weighted by molar-refractivity contribution is 7.21. The summed E-state index contributed by atoms with van der Waals surface area (Å²) in [6, 6.07) is 59.7. The second-order valence-corrected chi connectivity index (χ2v) is 12.6. The molecule has 9 aromatic rings. The van der Waals surface area contributed by atoms with Gasteiger partial charge >= 0.3 is 0 Å². The largest absolute Gasteiger partial charge is 0.456 e. The van der Waals surface area contributed by atoms with Gasteiger partial charge in [0.15, 0.2) is 0 Å². The molecule has 7 aromatic carbocycles. The molecule has 0 fully saturated rings. The van der Waals surface area contributed by atoms with Crippen LogP contribution in [0.4, 0.5) is 17.1 Å². The molecule has 0 aliphatic heterocycles. The normalized spacial score (nSPS) is 11.4. The smallest absolute Gasteiger partial charge is 0.137 e. The molecule has 0 spiro atoms. The van der Waals surface area contributed by atoms with Crippen LogP contribution in [-0.2, 0) is 0 Å². The van der Waals surface area contributed by atoms with Crippen LogP contribution in [0.2, 0.25) is 0 Å². The Bertz CT molecular complexity index is 2480. The second kappa shape index (κ2) is 11.4. The number of fused-ring (bicyclic) bond motifs is 4. The van der Waals surface area contributed by atoms with Gasteiger partial charge in [-0.3, -0.25) is 0 Å². The van der Waals surface area contributed by atoms with Gasteiger partial charge in [-0.25, -0.2) is 4.98 Å². The van der Waals surface area contributed by atoms with E-state index in [4.69, 9.17) is 9.40 Å². The highest BCUT2D eigenvalue weighted by Crippen LogP contribution is 2.42. The molecule has 0 amide bonds. The summed E-state index contributed by atoms with van der Waals surface area (Å²) in [4.78, 5) is 7.24. The molecule has 2 aromatic heterocycles. The number of rotatable bonds is 6. The van der Waals surface area contributed by atoms with Crippen LogP contribution in [0.25, 0.3) is 65.0 Å². The molecule has 0 saturated heterocycles. The van der Waals surface area contributed by atoms with E-state index >= 15 is 0 Å². The standard InChI is InChI=1S/C43H28N2OS/c1-4-11-29(12-5-1)30-19-23-34(24-20-30)45(33-15-8-3-9-16-33)35-25-21-31(22-26-35)36-17-10-18-39-42(36)37-27-41-38(28-40(37)46-39)44-43(47-41)32-13-6-2-7-14-32/h1-28H. The minimum Gasteiger partial charge on any atom is -0.456 e. The maximum absolute atomic E-state index is 6.41. The molecular formula is C43H28N2OS. The highest BCUT2D eigenvalue weighted by atomic mass is 32.1. The minimum atomic E-state index is 0.857. The highest BCUT2D eigenvalue weighted by Gasteiger charge is 2.17. The third-order valence-electron chi connectivity index (χ3n) is 8.71. The van der Waals surface area contributed by atoms with Crippen molar-refractivity contribution in [1.82, 2.24) is 4.98 Å². The van der Waals surface area contributed by atoms with Gasteiger partial charge in [0.05, 0.1) is 10.2 Å². The maximum atomic E-state index is 6.41. The van der Waals surface area contributed by atoms with Crippen LogP contribution >= 0.6 is 11.3 Å². The molecule has 222 valence electrons. The molecule has 47 heavy (non-hydrogen) atoms. The number of anilines is 3. The fourth-order valence-electron chi connectivity index (χ4n) is 6.44. The van der Waals surface area contributed by atoms with Crippen LogP contribution in [0, 0.1) is 0 Å². The molecule has 0 unspecified atom stereocenters. The van der Waals surface area contributed by atoms with Crippen LogP contribution in [-0.4, -0.2) is 4.98 Å². The molecule has 0 aliphatic rings. The molecule has 0 atom stereocenters. The third-order valence-corrected chi connectivity index (χ3v) is 9.78. The van der Waals surface area contributed by atoms with E-state index in [1.807, 2.05) is 6.07 Å². The van der Waals surface area contributed by atoms with Crippen molar-refractivity contribution in [1.29, 1.82) is 0 Å². The fourth-order valence-corrected chi connectivity index (χ4v) is 7.43. The van der Waals surface area contributed by atoms with Crippen molar-refractivity contribution >= 4 is 60.6 Å². The summed E-state index contributed by atoms with van der Waals surface area (Å²) < 4.78 is 7.57. The van der Waals surface area contributed by atoms with Gasteiger partial charge in [-0.15, -0.1) is 11.3 Å². The van der Waals surface area contributed by atoms with E-state index in [1.54, 1.807) is 11.3 Å². The van der Waals surface area contributed by atoms with E-state index in [9.17, 15) is 0 Å². The lowest BCUT2D eigenvalue weighted by Gasteiger charge is -2.26. The van der Waals surface area contributed by atoms with Gasteiger partial charge in [-0.1, -0.05) is 115 Å². The van der Waals surface area contributed by atoms with Crippen molar-refractivity contribution in [2.24, 2.45) is 0 Å². The van der Waals surface area contributed by atoms with Crippen molar-refractivity contribution in [3.63, 3.8) is 0 Å². The summed E-state index contributed by atoms with van der Waals surface area (Å²) in [6.07, 6.45) is 0. The first kappa shape index (κ1) is 27.3. The topological polar surface area (TPSA) is 29.3 Å². The molecule has 0 bridgehead atoms. The number of para-hydroxylation sites is 1. The van der Waals surface area contributed by atoms with Crippen molar-refractivity contribution in [3.8, 4) is 32.8 Å². The van der Waals surface area contributed by atoms with Crippen LogP contribution in [0.5, 0.6) is 0 Å². The van der Waals surface area contributed by atoms with Gasteiger partial charge in [-0.05, 0) is 70.8 Å². The summed E-state index contributed by atoms with van der Waals surface area (Å²) >= 11 is 1.72. The summed E-state index contributed by atoms with van der Waals surface area (Å²) in [5, 5.41) is 3.26. The Labute approximate surface area is 276 Å². The Balaban J connectivity index is 1.11. The zero-order valence-corrected chi connectivity index (χ0v) is 26.2. The lowest BCUT2D eigenvalue weighted by molar-refractivity contribution is 0.669. The fraction of sp³-hybridized carbons (Fsp3) is 0. The van der Waals surface area contributed by atoms with Crippen LogP contribution in [0.3, 0.4) is 0 Å². The average molecular weight is 621 g/mol. The van der Waals surface area contributed by atoms with Crippen LogP contribution < -0.4 is 4.90 Å². The first-order valence-electron chi connectivity index (χ1n) is 15.7. The Morgan fingerprint density at radius 1 is 0.468 bits per heavy atom. The molecular weight excluding hydrogens is 593 g/mol. The van der Waals surface area contributed by atoms with Gasteiger partial charge in [0.1, 0.15) is 16.2 Å². The molecule has 2 heterocycles. The molecule has 9 rings (SSSR count). The number of hydrogen-bond donors (Lipinski definition) is 0. The number of hydrogen-bond acceptors (Lipinski definition) is 4. The van der Waals surface area contributed by atoms with Crippen LogP contribution in [0.15, 0.2) is 174 Å². The zero-order chi connectivity index (χ0) is 31.2.